The summed E-state index contributed by atoms with van der Waals surface area (Å²) in [5, 5.41) is 2.86. The van der Waals surface area contributed by atoms with Crippen LogP contribution in [0.5, 0.6) is 11.6 Å². The lowest BCUT2D eigenvalue weighted by atomic mass is 10.2. The number of amides is 1. The molecule has 0 spiro atoms. The van der Waals surface area contributed by atoms with E-state index in [-0.39, 0.29) is 22.6 Å². The topological polar surface area (TPSA) is 51.2 Å². The van der Waals surface area contributed by atoms with Gasteiger partial charge in [0.1, 0.15) is 5.75 Å². The highest BCUT2D eigenvalue weighted by molar-refractivity contribution is 6.32. The predicted octanol–water partition coefficient (Wildman–Crippen LogP) is 5.80. The molecule has 0 bridgehead atoms. The third kappa shape index (κ3) is 4.77. The molecule has 3 aromatic rings. The van der Waals surface area contributed by atoms with Gasteiger partial charge in [-0.2, -0.15) is 13.2 Å². The van der Waals surface area contributed by atoms with Gasteiger partial charge in [0.2, 0.25) is 5.88 Å². The first-order valence-corrected chi connectivity index (χ1v) is 8.08. The minimum Gasteiger partial charge on any atom is -0.437 e. The Bertz CT molecular complexity index is 945. The summed E-state index contributed by atoms with van der Waals surface area (Å²) in [4.78, 5) is 15.7. The van der Waals surface area contributed by atoms with Gasteiger partial charge < -0.3 is 10.1 Å². The first kappa shape index (κ1) is 18.7. The predicted molar refractivity (Wildman–Crippen MR) is 95.2 cm³/mol. The fourth-order valence-electron chi connectivity index (χ4n) is 2.18. The van der Waals surface area contributed by atoms with E-state index in [4.69, 9.17) is 16.3 Å². The number of aromatic nitrogens is 1. The number of ether oxygens (including phenoxy) is 1. The van der Waals surface area contributed by atoms with Gasteiger partial charge >= 0.3 is 6.18 Å². The van der Waals surface area contributed by atoms with Crippen molar-refractivity contribution in [2.75, 3.05) is 5.32 Å². The van der Waals surface area contributed by atoms with Gasteiger partial charge in [0, 0.05) is 23.5 Å². The Hall–Kier alpha value is -3.06. The molecule has 138 valence electrons. The maximum absolute atomic E-state index is 12.5. The van der Waals surface area contributed by atoms with E-state index >= 15 is 0 Å². The molecule has 0 aliphatic carbocycles. The number of anilines is 1. The van der Waals surface area contributed by atoms with Crippen LogP contribution in [0.1, 0.15) is 15.9 Å². The van der Waals surface area contributed by atoms with Crippen molar-refractivity contribution >= 4 is 23.2 Å². The molecule has 1 heterocycles. The van der Waals surface area contributed by atoms with E-state index in [1.165, 1.54) is 12.1 Å². The Balaban J connectivity index is 1.70. The zero-order chi connectivity index (χ0) is 19.4. The molecule has 0 saturated heterocycles. The largest absolute Gasteiger partial charge is 0.437 e. The second kappa shape index (κ2) is 7.67. The molecule has 0 aliphatic heterocycles. The third-order valence-corrected chi connectivity index (χ3v) is 3.80. The first-order valence-electron chi connectivity index (χ1n) is 7.70. The minimum absolute atomic E-state index is 0.0361. The van der Waals surface area contributed by atoms with E-state index in [0.29, 0.717) is 17.4 Å². The summed E-state index contributed by atoms with van der Waals surface area (Å²) in [6.07, 6.45) is -3.79. The summed E-state index contributed by atoms with van der Waals surface area (Å²) in [5.74, 6) is -0.141. The third-order valence-electron chi connectivity index (χ3n) is 3.50. The summed E-state index contributed by atoms with van der Waals surface area (Å²) in [6.45, 7) is 0. The molecule has 0 aliphatic rings. The maximum Gasteiger partial charge on any atom is 0.417 e. The fraction of sp³-hybridized carbons (Fsp3) is 0.0526. The number of nitrogens with one attached hydrogen (secondary N) is 1. The van der Waals surface area contributed by atoms with Crippen LogP contribution < -0.4 is 10.1 Å². The Morgan fingerprint density at radius 2 is 1.78 bits per heavy atom. The number of alkyl halides is 3. The number of carbonyl (C=O) groups excluding carboxylic acids is 1. The number of rotatable bonds is 4. The summed E-state index contributed by atoms with van der Waals surface area (Å²) >= 11 is 6.13. The van der Waals surface area contributed by atoms with Gasteiger partial charge in [-0.1, -0.05) is 29.8 Å². The standard InChI is InChI=1S/C19H12ClF3N2O2/c20-15-10-14(25-18(26)12-4-2-1-3-5-12)7-8-16(15)27-17-9-6-13(11-24-17)19(21,22)23/h1-11H,(H,25,26). The van der Waals surface area contributed by atoms with E-state index in [9.17, 15) is 18.0 Å². The molecule has 4 nitrogen and oxygen atoms in total. The van der Waals surface area contributed by atoms with Crippen molar-refractivity contribution < 1.29 is 22.7 Å². The van der Waals surface area contributed by atoms with Crippen molar-refractivity contribution in [1.29, 1.82) is 0 Å². The lowest BCUT2D eigenvalue weighted by molar-refractivity contribution is -0.137. The Morgan fingerprint density at radius 3 is 2.37 bits per heavy atom. The molecule has 1 N–H and O–H groups in total. The van der Waals surface area contributed by atoms with Crippen LogP contribution in [-0.4, -0.2) is 10.9 Å². The van der Waals surface area contributed by atoms with E-state index in [0.717, 1.165) is 12.1 Å². The van der Waals surface area contributed by atoms with E-state index in [1.54, 1.807) is 36.4 Å². The lowest BCUT2D eigenvalue weighted by Gasteiger charge is -2.11. The van der Waals surface area contributed by atoms with Gasteiger partial charge in [-0.3, -0.25) is 4.79 Å². The quantitative estimate of drug-likeness (QED) is 0.610. The number of hydrogen-bond acceptors (Lipinski definition) is 3. The van der Waals surface area contributed by atoms with Crippen molar-refractivity contribution in [2.24, 2.45) is 0 Å². The van der Waals surface area contributed by atoms with Gasteiger partial charge in [-0.15, -0.1) is 0 Å². The van der Waals surface area contributed by atoms with Crippen molar-refractivity contribution in [3.05, 3.63) is 83.0 Å². The van der Waals surface area contributed by atoms with Gasteiger partial charge in [-0.25, -0.2) is 4.98 Å². The second-order valence-electron chi connectivity index (χ2n) is 5.45. The maximum atomic E-state index is 12.5. The highest BCUT2D eigenvalue weighted by atomic mass is 35.5. The highest BCUT2D eigenvalue weighted by Crippen LogP contribution is 2.33. The summed E-state index contributed by atoms with van der Waals surface area (Å²) in [7, 11) is 0. The molecule has 0 saturated carbocycles. The molecule has 1 amide bonds. The van der Waals surface area contributed by atoms with Crippen LogP contribution in [-0.2, 0) is 6.18 Å². The van der Waals surface area contributed by atoms with Crippen LogP contribution >= 0.6 is 11.6 Å². The van der Waals surface area contributed by atoms with Gasteiger partial charge in [0.05, 0.1) is 10.6 Å². The summed E-state index contributed by atoms with van der Waals surface area (Å²) in [5.41, 5.74) is 0.0596. The number of benzene rings is 2. The lowest BCUT2D eigenvalue weighted by Crippen LogP contribution is -2.11. The molecule has 0 unspecified atom stereocenters. The van der Waals surface area contributed by atoms with Crippen LogP contribution in [0.15, 0.2) is 66.9 Å². The smallest absolute Gasteiger partial charge is 0.417 e. The number of pyridine rings is 1. The molecular weight excluding hydrogens is 381 g/mol. The van der Waals surface area contributed by atoms with Crippen molar-refractivity contribution in [1.82, 2.24) is 4.98 Å². The number of nitrogens with zero attached hydrogens (tertiary/aromatic N) is 1. The van der Waals surface area contributed by atoms with E-state index in [2.05, 4.69) is 10.3 Å². The van der Waals surface area contributed by atoms with Crippen LogP contribution in [0.2, 0.25) is 5.02 Å². The second-order valence-corrected chi connectivity index (χ2v) is 5.86. The monoisotopic (exact) mass is 392 g/mol. The molecule has 0 atom stereocenters. The summed E-state index contributed by atoms with van der Waals surface area (Å²) in [6, 6.07) is 15.1. The number of carbonyl (C=O) groups is 1. The molecule has 0 fully saturated rings. The molecule has 27 heavy (non-hydrogen) atoms. The van der Waals surface area contributed by atoms with Crippen molar-refractivity contribution in [2.45, 2.75) is 6.18 Å². The van der Waals surface area contributed by atoms with Crippen LogP contribution in [0.25, 0.3) is 0 Å². The SMILES string of the molecule is O=C(Nc1ccc(Oc2ccc(C(F)(F)F)cn2)c(Cl)c1)c1ccccc1. The molecule has 3 rings (SSSR count). The van der Waals surface area contributed by atoms with Gasteiger partial charge in [0.15, 0.2) is 0 Å². The van der Waals surface area contributed by atoms with Crippen LogP contribution in [0.4, 0.5) is 18.9 Å². The molecular formula is C19H12ClF3N2O2. The number of hydrogen-bond donors (Lipinski definition) is 1. The molecule has 8 heteroatoms. The summed E-state index contributed by atoms with van der Waals surface area (Å²) < 4.78 is 43.0. The molecule has 2 aromatic carbocycles. The Morgan fingerprint density at radius 1 is 1.04 bits per heavy atom. The van der Waals surface area contributed by atoms with Crippen molar-refractivity contribution in [3.8, 4) is 11.6 Å². The van der Waals surface area contributed by atoms with E-state index < -0.39 is 11.7 Å². The molecule has 0 radical (unpaired) electrons. The fourth-order valence-corrected chi connectivity index (χ4v) is 2.39. The zero-order valence-electron chi connectivity index (χ0n) is 13.6. The van der Waals surface area contributed by atoms with Gasteiger partial charge in [-0.05, 0) is 36.4 Å². The highest BCUT2D eigenvalue weighted by Gasteiger charge is 2.30. The minimum atomic E-state index is -4.47. The average molecular weight is 393 g/mol. The Kier molecular flexibility index (Phi) is 5.32. The molecule has 1 aromatic heterocycles. The van der Waals surface area contributed by atoms with Crippen molar-refractivity contribution in [3.63, 3.8) is 0 Å². The van der Waals surface area contributed by atoms with E-state index in [1.807, 2.05) is 0 Å². The normalized spacial score (nSPS) is 11.1. The average Bonchev–Trinajstić information content (AvgIpc) is 2.64. The van der Waals surface area contributed by atoms with Gasteiger partial charge in [0.25, 0.3) is 5.91 Å². The van der Waals surface area contributed by atoms with Crippen LogP contribution in [0.3, 0.4) is 0 Å². The number of halogens is 4. The van der Waals surface area contributed by atoms with Crippen LogP contribution in [0, 0.1) is 0 Å². The zero-order valence-corrected chi connectivity index (χ0v) is 14.4. The first-order chi connectivity index (χ1) is 12.8. The Labute approximate surface area is 157 Å².